The fraction of sp³-hybridized carbons (Fsp3) is 0.476. The smallest absolute Gasteiger partial charge is 0.248 e. The average Bonchev–Trinajstić information content (AvgIpc) is 2.62. The third kappa shape index (κ3) is 5.36. The summed E-state index contributed by atoms with van der Waals surface area (Å²) in [5.74, 6) is 2.18. The fourth-order valence-electron chi connectivity index (χ4n) is 3.41. The third-order valence-corrected chi connectivity index (χ3v) is 4.71. The number of nitrogens with one attached hydrogen (secondary N) is 1. The second kappa shape index (κ2) is 8.90. The number of likely N-dealkylation sites (tertiary alicyclic amines) is 1. The van der Waals surface area contributed by atoms with Crippen molar-refractivity contribution in [2.24, 2.45) is 0 Å². The lowest BCUT2D eigenvalue weighted by Gasteiger charge is -2.31. The minimum atomic E-state index is -0.0120. The number of benzene rings is 1. The van der Waals surface area contributed by atoms with Crippen molar-refractivity contribution in [3.05, 3.63) is 58.5 Å². The minimum Gasteiger partial charge on any atom is -0.492 e. The van der Waals surface area contributed by atoms with Gasteiger partial charge in [-0.05, 0) is 69.5 Å². The predicted octanol–water partition coefficient (Wildman–Crippen LogP) is 3.42. The van der Waals surface area contributed by atoms with Crippen LogP contribution in [0.4, 0.5) is 0 Å². The van der Waals surface area contributed by atoms with Gasteiger partial charge in [0.15, 0.2) is 0 Å². The van der Waals surface area contributed by atoms with Crippen LogP contribution in [0.15, 0.2) is 47.4 Å². The van der Waals surface area contributed by atoms with Crippen LogP contribution < -0.4 is 15.0 Å². The molecule has 26 heavy (non-hydrogen) atoms. The summed E-state index contributed by atoms with van der Waals surface area (Å²) in [6, 6.07) is 11.6. The summed E-state index contributed by atoms with van der Waals surface area (Å²) in [4.78, 5) is 16.6. The van der Waals surface area contributed by atoms with Crippen molar-refractivity contribution in [2.45, 2.75) is 38.7 Å². The van der Waals surface area contributed by atoms with E-state index >= 15 is 0 Å². The van der Waals surface area contributed by atoms with Crippen LogP contribution in [0.3, 0.4) is 0 Å². The van der Waals surface area contributed by atoms with Gasteiger partial charge in [0.25, 0.3) is 0 Å². The minimum absolute atomic E-state index is 0.0120. The van der Waals surface area contributed by atoms with Crippen LogP contribution in [0.5, 0.6) is 11.5 Å². The van der Waals surface area contributed by atoms with E-state index in [1.165, 1.54) is 0 Å². The summed E-state index contributed by atoms with van der Waals surface area (Å²) in [6.45, 7) is 7.69. The van der Waals surface area contributed by atoms with Gasteiger partial charge in [0.2, 0.25) is 5.56 Å². The molecule has 0 spiro atoms. The molecule has 1 saturated heterocycles. The van der Waals surface area contributed by atoms with Crippen molar-refractivity contribution in [1.82, 2.24) is 9.88 Å². The largest absolute Gasteiger partial charge is 0.492 e. The quantitative estimate of drug-likeness (QED) is 0.826. The van der Waals surface area contributed by atoms with Gasteiger partial charge in [0, 0.05) is 24.9 Å². The van der Waals surface area contributed by atoms with Crippen molar-refractivity contribution in [2.75, 3.05) is 26.2 Å². The normalized spacial score (nSPS) is 16.0. The summed E-state index contributed by atoms with van der Waals surface area (Å²) in [7, 11) is 0. The first-order chi connectivity index (χ1) is 12.6. The van der Waals surface area contributed by atoms with Gasteiger partial charge in [-0.25, -0.2) is 0 Å². The van der Waals surface area contributed by atoms with E-state index in [-0.39, 0.29) is 11.7 Å². The maximum atomic E-state index is 11.5. The number of nitrogens with zero attached hydrogens (tertiary/aromatic N) is 1. The molecule has 2 heterocycles. The van der Waals surface area contributed by atoms with E-state index in [1.54, 1.807) is 12.3 Å². The molecule has 1 N–H and O–H groups in total. The Morgan fingerprint density at radius 1 is 1.15 bits per heavy atom. The van der Waals surface area contributed by atoms with Gasteiger partial charge >= 0.3 is 0 Å². The summed E-state index contributed by atoms with van der Waals surface area (Å²) < 4.78 is 11.6. The van der Waals surface area contributed by atoms with Crippen LogP contribution in [0.1, 0.15) is 38.2 Å². The Labute approximate surface area is 155 Å². The Hall–Kier alpha value is -2.27. The van der Waals surface area contributed by atoms with Gasteiger partial charge in [-0.3, -0.25) is 9.69 Å². The molecule has 140 valence electrons. The Balaban J connectivity index is 1.42. The molecular formula is C21H28N2O3. The molecule has 0 unspecified atom stereocenters. The van der Waals surface area contributed by atoms with Gasteiger partial charge in [-0.15, -0.1) is 0 Å². The number of rotatable bonds is 7. The van der Waals surface area contributed by atoms with Crippen LogP contribution >= 0.6 is 0 Å². The zero-order valence-corrected chi connectivity index (χ0v) is 15.6. The third-order valence-electron chi connectivity index (χ3n) is 4.71. The van der Waals surface area contributed by atoms with Crippen LogP contribution in [0, 0.1) is 0 Å². The summed E-state index contributed by atoms with van der Waals surface area (Å²) in [6.07, 6.45) is 4.07. The molecule has 1 aliphatic rings. The van der Waals surface area contributed by atoms with Gasteiger partial charge in [-0.1, -0.05) is 6.07 Å². The maximum Gasteiger partial charge on any atom is 0.248 e. The lowest BCUT2D eigenvalue weighted by atomic mass is 9.90. The second-order valence-electron chi connectivity index (χ2n) is 7.09. The first-order valence-corrected chi connectivity index (χ1v) is 9.40. The van der Waals surface area contributed by atoms with Gasteiger partial charge in [0.05, 0.1) is 6.10 Å². The maximum absolute atomic E-state index is 11.5. The number of hydrogen-bond acceptors (Lipinski definition) is 4. The van der Waals surface area contributed by atoms with Crippen molar-refractivity contribution >= 4 is 0 Å². The van der Waals surface area contributed by atoms with Crippen LogP contribution in [-0.2, 0) is 0 Å². The highest BCUT2D eigenvalue weighted by Gasteiger charge is 2.20. The van der Waals surface area contributed by atoms with Crippen molar-refractivity contribution in [1.29, 1.82) is 0 Å². The highest BCUT2D eigenvalue weighted by atomic mass is 16.5. The van der Waals surface area contributed by atoms with Crippen LogP contribution in [-0.4, -0.2) is 42.2 Å². The van der Waals surface area contributed by atoms with Gasteiger partial charge < -0.3 is 14.5 Å². The van der Waals surface area contributed by atoms with E-state index in [1.807, 2.05) is 44.2 Å². The molecule has 0 atom stereocenters. The predicted molar refractivity (Wildman–Crippen MR) is 103 cm³/mol. The zero-order valence-electron chi connectivity index (χ0n) is 15.6. The molecule has 0 bridgehead atoms. The Kier molecular flexibility index (Phi) is 6.34. The number of H-pyrrole nitrogens is 1. The van der Waals surface area contributed by atoms with E-state index in [2.05, 4.69) is 9.88 Å². The number of aromatic nitrogens is 1. The Bertz CT molecular complexity index is 749. The van der Waals surface area contributed by atoms with E-state index in [9.17, 15) is 4.79 Å². The molecule has 1 aromatic heterocycles. The number of piperidine rings is 1. The van der Waals surface area contributed by atoms with Gasteiger partial charge in [-0.2, -0.15) is 0 Å². The molecular weight excluding hydrogens is 328 g/mol. The molecule has 0 aliphatic carbocycles. The molecule has 2 aromatic rings. The number of aromatic amines is 1. The molecule has 5 heteroatoms. The molecule has 0 amide bonds. The summed E-state index contributed by atoms with van der Waals surface area (Å²) >= 11 is 0. The number of hydrogen-bond donors (Lipinski definition) is 1. The molecule has 1 fully saturated rings. The SMILES string of the molecule is CC(C)Oc1cccc(OCCN2CCC(c3cc[nH]c(=O)c3)CC2)c1. The zero-order chi connectivity index (χ0) is 18.4. The summed E-state index contributed by atoms with van der Waals surface area (Å²) in [5.41, 5.74) is 1.15. The van der Waals surface area contributed by atoms with Crippen molar-refractivity contribution < 1.29 is 9.47 Å². The fourth-order valence-corrected chi connectivity index (χ4v) is 3.41. The number of pyridine rings is 1. The van der Waals surface area contributed by atoms with Gasteiger partial charge in [0.1, 0.15) is 18.1 Å². The van der Waals surface area contributed by atoms with E-state index in [0.717, 1.165) is 49.5 Å². The van der Waals surface area contributed by atoms with Crippen molar-refractivity contribution in [3.8, 4) is 11.5 Å². The average molecular weight is 356 g/mol. The van der Waals surface area contributed by atoms with Crippen LogP contribution in [0.2, 0.25) is 0 Å². The van der Waals surface area contributed by atoms with E-state index < -0.39 is 0 Å². The molecule has 0 saturated carbocycles. The Morgan fingerprint density at radius 2 is 1.92 bits per heavy atom. The highest BCUT2D eigenvalue weighted by Crippen LogP contribution is 2.27. The lowest BCUT2D eigenvalue weighted by Crippen LogP contribution is -2.36. The highest BCUT2D eigenvalue weighted by molar-refractivity contribution is 5.33. The lowest BCUT2D eigenvalue weighted by molar-refractivity contribution is 0.173. The first-order valence-electron chi connectivity index (χ1n) is 9.40. The second-order valence-corrected chi connectivity index (χ2v) is 7.09. The van der Waals surface area contributed by atoms with Crippen molar-refractivity contribution in [3.63, 3.8) is 0 Å². The number of ether oxygens (including phenoxy) is 2. The van der Waals surface area contributed by atoms with Crippen LogP contribution in [0.25, 0.3) is 0 Å². The standard InChI is InChI=1S/C21H28N2O3/c1-16(2)26-20-5-3-4-19(15-20)25-13-12-23-10-7-17(8-11-23)18-6-9-22-21(24)14-18/h3-6,9,14-17H,7-8,10-13H2,1-2H3,(H,22,24). The molecule has 5 nitrogen and oxygen atoms in total. The molecule has 1 aliphatic heterocycles. The molecule has 1 aromatic carbocycles. The molecule has 3 rings (SSSR count). The van der Waals surface area contributed by atoms with E-state index in [0.29, 0.717) is 12.5 Å². The topological polar surface area (TPSA) is 54.6 Å². The Morgan fingerprint density at radius 3 is 2.65 bits per heavy atom. The van der Waals surface area contributed by atoms with E-state index in [4.69, 9.17) is 9.47 Å². The first kappa shape index (κ1) is 18.5. The summed E-state index contributed by atoms with van der Waals surface area (Å²) in [5, 5.41) is 0. The molecule has 0 radical (unpaired) electrons. The monoisotopic (exact) mass is 356 g/mol.